The number of rotatable bonds is 3. The van der Waals surface area contributed by atoms with E-state index in [-0.39, 0.29) is 29.7 Å². The van der Waals surface area contributed by atoms with Crippen LogP contribution in [-0.2, 0) is 19.5 Å². The van der Waals surface area contributed by atoms with Crippen LogP contribution in [0.15, 0.2) is 30.3 Å². The van der Waals surface area contributed by atoms with Crippen molar-refractivity contribution in [3.05, 3.63) is 35.9 Å². The molecule has 3 rings (SSSR count). The first-order valence-corrected chi connectivity index (χ1v) is 8.12. The molecule has 0 spiro atoms. The van der Waals surface area contributed by atoms with Crippen LogP contribution in [0.5, 0.6) is 0 Å². The van der Waals surface area contributed by atoms with Crippen LogP contribution >= 0.6 is 0 Å². The zero-order valence-electron chi connectivity index (χ0n) is 14.2. The Morgan fingerprint density at radius 3 is 2.09 bits per heavy atom. The molecular formula is C18H25BO3. The number of benzene rings is 1. The topological polar surface area (TPSA) is 35.5 Å². The molecule has 3 nitrogen and oxygen atoms in total. The molecule has 1 aliphatic heterocycles. The van der Waals surface area contributed by atoms with Gasteiger partial charge in [0.2, 0.25) is 0 Å². The normalized spacial score (nSPS) is 32.9. The third kappa shape index (κ3) is 2.24. The van der Waals surface area contributed by atoms with Gasteiger partial charge < -0.3 is 9.31 Å². The van der Waals surface area contributed by atoms with Crippen molar-refractivity contribution in [1.82, 2.24) is 0 Å². The van der Waals surface area contributed by atoms with E-state index in [1.54, 1.807) is 0 Å². The number of hydrogen-bond donors (Lipinski definition) is 0. The number of carbonyl (C=O) groups is 1. The molecule has 2 unspecified atom stereocenters. The highest BCUT2D eigenvalue weighted by Crippen LogP contribution is 2.52. The van der Waals surface area contributed by atoms with Crippen LogP contribution in [0.4, 0.5) is 0 Å². The van der Waals surface area contributed by atoms with Crippen molar-refractivity contribution in [3.63, 3.8) is 0 Å². The molecular weight excluding hydrogens is 275 g/mol. The Morgan fingerprint density at radius 2 is 1.64 bits per heavy atom. The van der Waals surface area contributed by atoms with E-state index in [9.17, 15) is 4.79 Å². The maximum atomic E-state index is 12.0. The number of hydrogen-bond acceptors (Lipinski definition) is 3. The van der Waals surface area contributed by atoms with Crippen molar-refractivity contribution in [3.8, 4) is 0 Å². The highest BCUT2D eigenvalue weighted by Gasteiger charge is 2.58. The lowest BCUT2D eigenvalue weighted by molar-refractivity contribution is -0.134. The lowest BCUT2D eigenvalue weighted by Crippen LogP contribution is -2.53. The number of Topliss-reactive ketones (excluding diaryl/α,β-unsaturated/α-hetero) is 1. The van der Waals surface area contributed by atoms with Crippen LogP contribution in [-0.4, -0.2) is 24.1 Å². The quantitative estimate of drug-likeness (QED) is 0.800. The molecule has 1 saturated carbocycles. The average molecular weight is 300 g/mol. The molecule has 0 amide bonds. The second-order valence-electron chi connectivity index (χ2n) is 7.78. The summed E-state index contributed by atoms with van der Waals surface area (Å²) in [5.74, 6) is 0.356. The van der Waals surface area contributed by atoms with Crippen molar-refractivity contribution >= 4 is 12.9 Å². The fourth-order valence-corrected chi connectivity index (χ4v) is 3.63. The van der Waals surface area contributed by atoms with Gasteiger partial charge in [0.25, 0.3) is 0 Å². The van der Waals surface area contributed by atoms with Gasteiger partial charge in [-0.05, 0) is 39.6 Å². The van der Waals surface area contributed by atoms with Crippen molar-refractivity contribution in [2.45, 2.75) is 64.0 Å². The number of carbonyl (C=O) groups excluding carboxylic acids is 1. The molecule has 0 bridgehead atoms. The molecule has 118 valence electrons. The van der Waals surface area contributed by atoms with Crippen molar-refractivity contribution in [1.29, 1.82) is 0 Å². The molecule has 2 fully saturated rings. The standard InChI is InChI=1S/C18H25BO3/c1-13-15(20)11-18(13,14-9-7-6-8-10-14)12-19-21-16(2,3)17(4,5)22-19/h6-10,13H,11-12H2,1-5H3. The van der Waals surface area contributed by atoms with Crippen LogP contribution in [0, 0.1) is 5.92 Å². The Kier molecular flexibility index (Phi) is 3.54. The molecule has 1 aliphatic carbocycles. The van der Waals surface area contributed by atoms with Gasteiger partial charge in [0, 0.05) is 17.8 Å². The zero-order valence-corrected chi connectivity index (χ0v) is 14.2. The Balaban J connectivity index is 1.87. The van der Waals surface area contributed by atoms with Gasteiger partial charge in [-0.25, -0.2) is 0 Å². The second-order valence-corrected chi connectivity index (χ2v) is 7.78. The maximum absolute atomic E-state index is 12.0. The average Bonchev–Trinajstić information content (AvgIpc) is 2.66. The Bertz CT molecular complexity index is 565. The minimum absolute atomic E-state index is 0.0222. The smallest absolute Gasteiger partial charge is 0.403 e. The fourth-order valence-electron chi connectivity index (χ4n) is 3.63. The third-order valence-electron chi connectivity index (χ3n) is 5.98. The summed E-state index contributed by atoms with van der Waals surface area (Å²) < 4.78 is 12.3. The highest BCUT2D eigenvalue weighted by molar-refractivity contribution is 6.46. The summed E-state index contributed by atoms with van der Waals surface area (Å²) >= 11 is 0. The van der Waals surface area contributed by atoms with Crippen LogP contribution < -0.4 is 0 Å². The first kappa shape index (κ1) is 15.8. The predicted molar refractivity (Wildman–Crippen MR) is 87.8 cm³/mol. The molecule has 0 radical (unpaired) electrons. The summed E-state index contributed by atoms with van der Waals surface area (Å²) in [6.07, 6.45) is 1.32. The monoisotopic (exact) mass is 300 g/mol. The fraction of sp³-hybridized carbons (Fsp3) is 0.611. The first-order valence-electron chi connectivity index (χ1n) is 8.12. The summed E-state index contributed by atoms with van der Waals surface area (Å²) in [5.41, 5.74) is 0.412. The van der Waals surface area contributed by atoms with Gasteiger partial charge in [-0.3, -0.25) is 4.79 Å². The third-order valence-corrected chi connectivity index (χ3v) is 5.98. The van der Waals surface area contributed by atoms with E-state index >= 15 is 0 Å². The zero-order chi connectivity index (χ0) is 16.2. The molecule has 0 aromatic heterocycles. The van der Waals surface area contributed by atoms with Gasteiger partial charge in [-0.1, -0.05) is 37.3 Å². The van der Waals surface area contributed by atoms with E-state index in [1.165, 1.54) is 5.56 Å². The van der Waals surface area contributed by atoms with Crippen molar-refractivity contribution in [2.75, 3.05) is 0 Å². The van der Waals surface area contributed by atoms with Crippen LogP contribution in [0.25, 0.3) is 0 Å². The maximum Gasteiger partial charge on any atom is 0.458 e. The van der Waals surface area contributed by atoms with Gasteiger partial charge in [-0.2, -0.15) is 0 Å². The molecule has 4 heteroatoms. The van der Waals surface area contributed by atoms with Gasteiger partial charge >= 0.3 is 7.12 Å². The molecule has 1 aromatic rings. The van der Waals surface area contributed by atoms with E-state index in [4.69, 9.17) is 9.31 Å². The molecule has 0 N–H and O–H groups in total. The lowest BCUT2D eigenvalue weighted by atomic mass is 9.49. The van der Waals surface area contributed by atoms with Crippen LogP contribution in [0.3, 0.4) is 0 Å². The summed E-state index contributed by atoms with van der Waals surface area (Å²) in [5, 5.41) is 0. The highest BCUT2D eigenvalue weighted by atomic mass is 16.7. The van der Waals surface area contributed by atoms with Gasteiger partial charge in [-0.15, -0.1) is 0 Å². The summed E-state index contributed by atoms with van der Waals surface area (Å²) in [4.78, 5) is 12.0. The van der Waals surface area contributed by atoms with E-state index in [0.717, 1.165) is 6.32 Å². The van der Waals surface area contributed by atoms with Crippen LogP contribution in [0.2, 0.25) is 6.32 Å². The van der Waals surface area contributed by atoms with E-state index in [1.807, 2.05) is 25.1 Å². The Hall–Kier alpha value is -1.13. The molecule has 1 saturated heterocycles. The Morgan fingerprint density at radius 1 is 1.09 bits per heavy atom. The van der Waals surface area contributed by atoms with Gasteiger partial charge in [0.05, 0.1) is 11.2 Å². The largest absolute Gasteiger partial charge is 0.458 e. The summed E-state index contributed by atoms with van der Waals surface area (Å²) in [6, 6.07) is 10.3. The van der Waals surface area contributed by atoms with Gasteiger partial charge in [0.1, 0.15) is 5.78 Å². The summed E-state index contributed by atoms with van der Waals surface area (Å²) in [6.45, 7) is 10.3. The van der Waals surface area contributed by atoms with Crippen molar-refractivity contribution in [2.24, 2.45) is 5.92 Å². The lowest BCUT2D eigenvalue weighted by Gasteiger charge is -2.47. The van der Waals surface area contributed by atoms with E-state index in [0.29, 0.717) is 12.2 Å². The first-order chi connectivity index (χ1) is 10.2. The minimum Gasteiger partial charge on any atom is -0.403 e. The number of ketones is 1. The van der Waals surface area contributed by atoms with Crippen molar-refractivity contribution < 1.29 is 14.1 Å². The predicted octanol–water partition coefficient (Wildman–Crippen LogP) is 3.63. The molecule has 2 atom stereocenters. The van der Waals surface area contributed by atoms with Gasteiger partial charge in [0.15, 0.2) is 0 Å². The second kappa shape index (κ2) is 4.94. The Labute approximate surface area is 133 Å². The molecule has 1 heterocycles. The molecule has 2 aliphatic rings. The van der Waals surface area contributed by atoms with E-state index < -0.39 is 0 Å². The van der Waals surface area contributed by atoms with Crippen LogP contribution in [0.1, 0.15) is 46.6 Å². The SMILES string of the molecule is CC1C(=O)CC1(CB1OC(C)(C)C(C)(C)O1)c1ccccc1. The molecule has 1 aromatic carbocycles. The minimum atomic E-state index is -0.327. The van der Waals surface area contributed by atoms with E-state index in [2.05, 4.69) is 39.8 Å². The molecule has 22 heavy (non-hydrogen) atoms. The summed E-state index contributed by atoms with van der Waals surface area (Å²) in [7, 11) is -0.263.